The third-order valence-corrected chi connectivity index (χ3v) is 4.11. The van der Waals surface area contributed by atoms with Gasteiger partial charge in [-0.1, -0.05) is 30.3 Å². The lowest BCUT2D eigenvalue weighted by Gasteiger charge is -2.20. The quantitative estimate of drug-likeness (QED) is 0.745. The van der Waals surface area contributed by atoms with Crippen molar-refractivity contribution in [2.24, 2.45) is 0 Å². The molecule has 1 aromatic carbocycles. The third-order valence-electron chi connectivity index (χ3n) is 4.11. The molecule has 0 radical (unpaired) electrons. The topological polar surface area (TPSA) is 24.5 Å². The number of hydrogen-bond donors (Lipinski definition) is 1. The van der Waals surface area contributed by atoms with Gasteiger partial charge in [-0.25, -0.2) is 0 Å². The van der Waals surface area contributed by atoms with Crippen molar-refractivity contribution in [3.8, 4) is 0 Å². The fraction of sp³-hybridized carbons (Fsp3) is 0.667. The van der Waals surface area contributed by atoms with Gasteiger partial charge in [0.15, 0.2) is 0 Å². The SMILES string of the molecule is CN(CCCNCC1CCC(C)(C)O1)Cc1ccccc1. The lowest BCUT2D eigenvalue weighted by molar-refractivity contribution is -0.0141. The molecule has 0 bridgehead atoms. The summed E-state index contributed by atoms with van der Waals surface area (Å²) in [7, 11) is 2.19. The summed E-state index contributed by atoms with van der Waals surface area (Å²) in [6.07, 6.45) is 3.95. The molecule has 0 aromatic heterocycles. The van der Waals surface area contributed by atoms with Crippen molar-refractivity contribution in [1.29, 1.82) is 0 Å². The molecule has 0 amide bonds. The average Bonchev–Trinajstić information content (AvgIpc) is 2.79. The van der Waals surface area contributed by atoms with Crippen molar-refractivity contribution in [3.05, 3.63) is 35.9 Å². The monoisotopic (exact) mass is 290 g/mol. The number of nitrogens with one attached hydrogen (secondary N) is 1. The van der Waals surface area contributed by atoms with E-state index in [2.05, 4.69) is 61.4 Å². The molecular weight excluding hydrogens is 260 g/mol. The maximum Gasteiger partial charge on any atom is 0.0707 e. The van der Waals surface area contributed by atoms with Crippen LogP contribution in [-0.4, -0.2) is 43.3 Å². The van der Waals surface area contributed by atoms with E-state index in [9.17, 15) is 0 Å². The molecule has 1 aromatic rings. The standard InChI is InChI=1S/C18H30N2O/c1-18(2)11-10-17(21-18)14-19-12-7-13-20(3)15-16-8-5-4-6-9-16/h4-6,8-9,17,19H,7,10-15H2,1-3H3. The molecule has 1 fully saturated rings. The van der Waals surface area contributed by atoms with Crippen LogP contribution in [0.25, 0.3) is 0 Å². The summed E-state index contributed by atoms with van der Waals surface area (Å²) in [4.78, 5) is 2.38. The Hall–Kier alpha value is -0.900. The molecule has 1 N–H and O–H groups in total. The molecular formula is C18H30N2O. The van der Waals surface area contributed by atoms with E-state index in [0.717, 1.165) is 26.2 Å². The summed E-state index contributed by atoms with van der Waals surface area (Å²) in [5, 5.41) is 3.53. The smallest absolute Gasteiger partial charge is 0.0707 e. The van der Waals surface area contributed by atoms with Crippen LogP contribution in [-0.2, 0) is 11.3 Å². The van der Waals surface area contributed by atoms with E-state index in [4.69, 9.17) is 4.74 Å². The number of benzene rings is 1. The largest absolute Gasteiger partial charge is 0.371 e. The van der Waals surface area contributed by atoms with Crippen LogP contribution in [0.1, 0.15) is 38.7 Å². The number of hydrogen-bond acceptors (Lipinski definition) is 3. The average molecular weight is 290 g/mol. The zero-order chi connectivity index (χ0) is 15.1. The molecule has 2 rings (SSSR count). The highest BCUT2D eigenvalue weighted by Gasteiger charge is 2.30. The van der Waals surface area contributed by atoms with E-state index < -0.39 is 0 Å². The lowest BCUT2D eigenvalue weighted by Crippen LogP contribution is -2.31. The number of rotatable bonds is 8. The molecule has 21 heavy (non-hydrogen) atoms. The van der Waals surface area contributed by atoms with Crippen molar-refractivity contribution in [1.82, 2.24) is 10.2 Å². The molecule has 3 heteroatoms. The zero-order valence-corrected chi connectivity index (χ0v) is 13.8. The molecule has 0 spiro atoms. The first kappa shape index (κ1) is 16.5. The van der Waals surface area contributed by atoms with Crippen LogP contribution in [0, 0.1) is 0 Å². The van der Waals surface area contributed by atoms with Gasteiger partial charge in [-0.3, -0.25) is 0 Å². The van der Waals surface area contributed by atoms with E-state index in [0.29, 0.717) is 6.10 Å². The zero-order valence-electron chi connectivity index (χ0n) is 13.8. The van der Waals surface area contributed by atoms with Crippen LogP contribution in [0.5, 0.6) is 0 Å². The Balaban J connectivity index is 1.52. The number of ether oxygens (including phenoxy) is 1. The van der Waals surface area contributed by atoms with Crippen molar-refractivity contribution >= 4 is 0 Å². The van der Waals surface area contributed by atoms with Crippen LogP contribution >= 0.6 is 0 Å². The Kier molecular flexibility index (Phi) is 6.22. The van der Waals surface area contributed by atoms with Crippen molar-refractivity contribution in [2.75, 3.05) is 26.7 Å². The summed E-state index contributed by atoms with van der Waals surface area (Å²) in [6, 6.07) is 10.7. The lowest BCUT2D eigenvalue weighted by atomic mass is 10.1. The normalized spacial score (nSPS) is 21.0. The first-order valence-electron chi connectivity index (χ1n) is 8.16. The van der Waals surface area contributed by atoms with Gasteiger partial charge in [-0.05, 0) is 58.8 Å². The first-order chi connectivity index (χ1) is 10.1. The minimum absolute atomic E-state index is 0.0856. The summed E-state index contributed by atoms with van der Waals surface area (Å²) in [5.74, 6) is 0. The van der Waals surface area contributed by atoms with Crippen LogP contribution in [0.15, 0.2) is 30.3 Å². The van der Waals surface area contributed by atoms with E-state index in [1.54, 1.807) is 0 Å². The molecule has 118 valence electrons. The molecule has 0 aliphatic carbocycles. The second kappa shape index (κ2) is 7.92. The van der Waals surface area contributed by atoms with Crippen molar-refractivity contribution in [3.63, 3.8) is 0 Å². The third kappa shape index (κ3) is 6.16. The molecule has 1 atom stereocenters. The molecule has 0 saturated carbocycles. The van der Waals surface area contributed by atoms with Crippen molar-refractivity contribution < 1.29 is 4.74 Å². The van der Waals surface area contributed by atoms with E-state index in [1.165, 1.54) is 24.8 Å². The van der Waals surface area contributed by atoms with Gasteiger partial charge in [0.2, 0.25) is 0 Å². The van der Waals surface area contributed by atoms with Crippen LogP contribution in [0.4, 0.5) is 0 Å². The Morgan fingerprint density at radius 1 is 1.29 bits per heavy atom. The molecule has 1 saturated heterocycles. The highest BCUT2D eigenvalue weighted by atomic mass is 16.5. The summed E-state index contributed by atoms with van der Waals surface area (Å²) < 4.78 is 5.98. The van der Waals surface area contributed by atoms with Gasteiger partial charge < -0.3 is 15.0 Å². The van der Waals surface area contributed by atoms with E-state index >= 15 is 0 Å². The maximum atomic E-state index is 5.98. The predicted octanol–water partition coefficient (Wildman–Crippen LogP) is 3.06. The van der Waals surface area contributed by atoms with Crippen molar-refractivity contribution in [2.45, 2.75) is 51.4 Å². The van der Waals surface area contributed by atoms with Crippen LogP contribution in [0.3, 0.4) is 0 Å². The van der Waals surface area contributed by atoms with Crippen LogP contribution < -0.4 is 5.32 Å². The van der Waals surface area contributed by atoms with Crippen LogP contribution in [0.2, 0.25) is 0 Å². The van der Waals surface area contributed by atoms with Gasteiger partial charge in [-0.2, -0.15) is 0 Å². The van der Waals surface area contributed by atoms with Gasteiger partial charge in [-0.15, -0.1) is 0 Å². The first-order valence-corrected chi connectivity index (χ1v) is 8.16. The molecule has 1 unspecified atom stereocenters. The Labute approximate surface area is 129 Å². The Bertz CT molecular complexity index is 405. The Morgan fingerprint density at radius 2 is 2.05 bits per heavy atom. The fourth-order valence-corrected chi connectivity index (χ4v) is 2.93. The van der Waals surface area contributed by atoms with Gasteiger partial charge in [0.05, 0.1) is 11.7 Å². The minimum Gasteiger partial charge on any atom is -0.371 e. The van der Waals surface area contributed by atoms with Gasteiger partial charge >= 0.3 is 0 Å². The predicted molar refractivity (Wildman–Crippen MR) is 88.4 cm³/mol. The highest BCUT2D eigenvalue weighted by Crippen LogP contribution is 2.28. The molecule has 1 heterocycles. The summed E-state index contributed by atoms with van der Waals surface area (Å²) >= 11 is 0. The highest BCUT2D eigenvalue weighted by molar-refractivity contribution is 5.14. The maximum absolute atomic E-state index is 5.98. The second-order valence-electron chi connectivity index (χ2n) is 6.82. The summed E-state index contributed by atoms with van der Waals surface area (Å²) in [6.45, 7) is 8.59. The fourth-order valence-electron chi connectivity index (χ4n) is 2.93. The van der Waals surface area contributed by atoms with Gasteiger partial charge in [0.25, 0.3) is 0 Å². The Morgan fingerprint density at radius 3 is 2.71 bits per heavy atom. The molecule has 1 aliphatic rings. The van der Waals surface area contributed by atoms with Gasteiger partial charge in [0.1, 0.15) is 0 Å². The summed E-state index contributed by atoms with van der Waals surface area (Å²) in [5.41, 5.74) is 1.47. The minimum atomic E-state index is 0.0856. The molecule has 1 aliphatic heterocycles. The van der Waals surface area contributed by atoms with Gasteiger partial charge in [0, 0.05) is 13.1 Å². The van der Waals surface area contributed by atoms with E-state index in [1.807, 2.05) is 0 Å². The number of nitrogens with zero attached hydrogens (tertiary/aromatic N) is 1. The van der Waals surface area contributed by atoms with E-state index in [-0.39, 0.29) is 5.60 Å². The second-order valence-corrected chi connectivity index (χ2v) is 6.82. The molecule has 3 nitrogen and oxygen atoms in total.